The summed E-state index contributed by atoms with van der Waals surface area (Å²) in [6, 6.07) is 4.39. The van der Waals surface area contributed by atoms with Crippen molar-refractivity contribution in [2.75, 3.05) is 13.7 Å². The summed E-state index contributed by atoms with van der Waals surface area (Å²) in [6.45, 7) is 6.32. The third-order valence-electron chi connectivity index (χ3n) is 5.76. The Labute approximate surface area is 197 Å². The molecular weight excluding hydrogens is 441 g/mol. The van der Waals surface area contributed by atoms with Crippen LogP contribution in [0.3, 0.4) is 0 Å². The first-order valence-electron chi connectivity index (χ1n) is 11.2. The summed E-state index contributed by atoms with van der Waals surface area (Å²) in [7, 11) is 1.45. The van der Waals surface area contributed by atoms with Crippen LogP contribution in [-0.2, 0) is 9.59 Å². The Bertz CT molecular complexity index is 1130. The molecule has 3 rings (SSSR count). The van der Waals surface area contributed by atoms with Gasteiger partial charge in [-0.15, -0.1) is 0 Å². The van der Waals surface area contributed by atoms with E-state index in [-0.39, 0.29) is 34.9 Å². The van der Waals surface area contributed by atoms with Gasteiger partial charge in [0.1, 0.15) is 29.3 Å². The number of halogens is 1. The molecule has 0 saturated carbocycles. The van der Waals surface area contributed by atoms with Crippen LogP contribution in [0, 0.1) is 28.5 Å². The van der Waals surface area contributed by atoms with E-state index >= 15 is 0 Å². The van der Waals surface area contributed by atoms with Crippen molar-refractivity contribution in [1.82, 2.24) is 20.9 Å². The first-order valence-corrected chi connectivity index (χ1v) is 11.2. The van der Waals surface area contributed by atoms with E-state index in [1.807, 2.05) is 26.8 Å². The van der Waals surface area contributed by atoms with Crippen molar-refractivity contribution in [2.24, 2.45) is 11.3 Å². The standard InChI is InChI=1S/C24H30FN5O4/c1-24(2,3)11-18(23(33)28-14(12-26)9-13-7-8-27-21(13)31)30-22(32)17-10-15-19(34-4)6-5-16(25)20(15)29-17/h5-6,10,13-14,18,29H,7-9,11H2,1-4H3,(H,27,31)(H,28,33)(H,30,32)/t13-,14-,18-/m0/s1. The van der Waals surface area contributed by atoms with Crippen LogP contribution >= 0.6 is 0 Å². The van der Waals surface area contributed by atoms with Crippen molar-refractivity contribution < 1.29 is 23.5 Å². The molecule has 2 heterocycles. The number of ether oxygens (including phenoxy) is 1. The van der Waals surface area contributed by atoms with Crippen molar-refractivity contribution in [1.29, 1.82) is 5.26 Å². The summed E-state index contributed by atoms with van der Waals surface area (Å²) in [4.78, 5) is 40.7. The number of carbonyl (C=O) groups is 3. The number of methoxy groups -OCH3 is 1. The lowest BCUT2D eigenvalue weighted by atomic mass is 9.87. The van der Waals surface area contributed by atoms with Gasteiger partial charge in [-0.1, -0.05) is 20.8 Å². The van der Waals surface area contributed by atoms with Crippen LogP contribution in [0.2, 0.25) is 0 Å². The number of amides is 3. The monoisotopic (exact) mass is 471 g/mol. The number of fused-ring (bicyclic) bond motifs is 1. The van der Waals surface area contributed by atoms with Crippen LogP contribution in [0.4, 0.5) is 4.39 Å². The summed E-state index contributed by atoms with van der Waals surface area (Å²) >= 11 is 0. The zero-order chi connectivity index (χ0) is 25.0. The largest absolute Gasteiger partial charge is 0.496 e. The lowest BCUT2D eigenvalue weighted by molar-refractivity contribution is -0.125. The number of nitriles is 1. The fourth-order valence-electron chi connectivity index (χ4n) is 4.09. The maximum absolute atomic E-state index is 14.2. The Kier molecular flexibility index (Phi) is 7.44. The molecule has 0 aliphatic carbocycles. The van der Waals surface area contributed by atoms with E-state index < -0.39 is 29.7 Å². The van der Waals surface area contributed by atoms with Crippen LogP contribution < -0.4 is 20.7 Å². The van der Waals surface area contributed by atoms with E-state index in [0.29, 0.717) is 30.5 Å². The Morgan fingerprint density at radius 3 is 2.65 bits per heavy atom. The molecule has 3 amide bonds. The van der Waals surface area contributed by atoms with E-state index in [1.165, 1.54) is 25.3 Å². The molecule has 3 atom stereocenters. The Hall–Kier alpha value is -3.61. The van der Waals surface area contributed by atoms with E-state index in [4.69, 9.17) is 4.74 Å². The Morgan fingerprint density at radius 2 is 2.06 bits per heavy atom. The molecule has 1 saturated heterocycles. The van der Waals surface area contributed by atoms with Crippen LogP contribution in [0.1, 0.15) is 50.5 Å². The summed E-state index contributed by atoms with van der Waals surface area (Å²) in [5, 5.41) is 18.0. The number of hydrogen-bond acceptors (Lipinski definition) is 5. The molecule has 182 valence electrons. The zero-order valence-electron chi connectivity index (χ0n) is 19.8. The third kappa shape index (κ3) is 5.84. The Morgan fingerprint density at radius 1 is 1.32 bits per heavy atom. The lowest BCUT2D eigenvalue weighted by Gasteiger charge is -2.27. The summed E-state index contributed by atoms with van der Waals surface area (Å²) in [5.41, 5.74) is -0.122. The number of nitrogens with one attached hydrogen (secondary N) is 4. The quantitative estimate of drug-likeness (QED) is 0.469. The van der Waals surface area contributed by atoms with Crippen molar-refractivity contribution in [3.05, 3.63) is 29.7 Å². The zero-order valence-corrected chi connectivity index (χ0v) is 19.8. The predicted octanol–water partition coefficient (Wildman–Crippen LogP) is 2.38. The number of aromatic amines is 1. The number of benzene rings is 1. The molecule has 0 unspecified atom stereocenters. The van der Waals surface area contributed by atoms with Crippen molar-refractivity contribution in [3.8, 4) is 11.8 Å². The highest BCUT2D eigenvalue weighted by Crippen LogP contribution is 2.29. The fourth-order valence-corrected chi connectivity index (χ4v) is 4.09. The van der Waals surface area contributed by atoms with Gasteiger partial charge in [0.15, 0.2) is 0 Å². The highest BCUT2D eigenvalue weighted by atomic mass is 19.1. The second-order valence-corrected chi connectivity index (χ2v) is 9.71. The molecule has 1 fully saturated rings. The van der Waals surface area contributed by atoms with Gasteiger partial charge in [-0.3, -0.25) is 14.4 Å². The van der Waals surface area contributed by atoms with Gasteiger partial charge in [0.25, 0.3) is 5.91 Å². The minimum atomic E-state index is -0.945. The summed E-state index contributed by atoms with van der Waals surface area (Å²) in [6.07, 6.45) is 1.10. The molecular formula is C24H30FN5O4. The van der Waals surface area contributed by atoms with Crippen LogP contribution in [-0.4, -0.2) is 48.4 Å². The van der Waals surface area contributed by atoms with Crippen LogP contribution in [0.15, 0.2) is 18.2 Å². The molecule has 1 aromatic heterocycles. The van der Waals surface area contributed by atoms with E-state index in [9.17, 15) is 24.0 Å². The molecule has 0 bridgehead atoms. The second kappa shape index (κ2) is 10.1. The average Bonchev–Trinajstić information content (AvgIpc) is 3.39. The number of H-pyrrole nitrogens is 1. The van der Waals surface area contributed by atoms with Gasteiger partial charge in [0.05, 0.1) is 18.7 Å². The Balaban J connectivity index is 1.78. The molecule has 0 spiro atoms. The molecule has 9 nitrogen and oxygen atoms in total. The SMILES string of the molecule is COc1ccc(F)c2[nH]c(C(=O)N[C@@H](CC(C)(C)C)C(=O)N[C@H](C#N)C[C@@H]3CCNC3=O)cc12. The normalized spacial score (nSPS) is 17.5. The molecule has 4 N–H and O–H groups in total. The van der Waals surface area contributed by atoms with Crippen molar-refractivity contribution in [3.63, 3.8) is 0 Å². The second-order valence-electron chi connectivity index (χ2n) is 9.71. The van der Waals surface area contributed by atoms with Crippen LogP contribution in [0.5, 0.6) is 5.75 Å². The van der Waals surface area contributed by atoms with Gasteiger partial charge >= 0.3 is 0 Å². The predicted molar refractivity (Wildman–Crippen MR) is 123 cm³/mol. The summed E-state index contributed by atoms with van der Waals surface area (Å²) < 4.78 is 19.5. The minimum absolute atomic E-state index is 0.0737. The lowest BCUT2D eigenvalue weighted by Crippen LogP contribution is -2.51. The first kappa shape index (κ1) is 25.0. The smallest absolute Gasteiger partial charge is 0.268 e. The number of nitrogens with zero attached hydrogens (tertiary/aromatic N) is 1. The molecule has 10 heteroatoms. The number of rotatable bonds is 8. The minimum Gasteiger partial charge on any atom is -0.496 e. The van der Waals surface area contributed by atoms with E-state index in [1.54, 1.807) is 0 Å². The van der Waals surface area contributed by atoms with Gasteiger partial charge < -0.3 is 25.7 Å². The van der Waals surface area contributed by atoms with Gasteiger partial charge in [-0.2, -0.15) is 5.26 Å². The number of aromatic nitrogens is 1. The average molecular weight is 472 g/mol. The summed E-state index contributed by atoms with van der Waals surface area (Å²) in [5.74, 6) is -1.71. The molecule has 1 aliphatic heterocycles. The first-order chi connectivity index (χ1) is 16.0. The van der Waals surface area contributed by atoms with Crippen LogP contribution in [0.25, 0.3) is 10.9 Å². The van der Waals surface area contributed by atoms with Crippen molar-refractivity contribution in [2.45, 2.75) is 52.1 Å². The molecule has 34 heavy (non-hydrogen) atoms. The fraction of sp³-hybridized carbons (Fsp3) is 0.500. The number of carbonyl (C=O) groups excluding carboxylic acids is 3. The van der Waals surface area contributed by atoms with E-state index in [0.717, 1.165) is 0 Å². The maximum Gasteiger partial charge on any atom is 0.268 e. The van der Waals surface area contributed by atoms with Gasteiger partial charge in [0.2, 0.25) is 11.8 Å². The highest BCUT2D eigenvalue weighted by molar-refractivity contribution is 6.01. The van der Waals surface area contributed by atoms with Gasteiger partial charge in [0, 0.05) is 17.8 Å². The highest BCUT2D eigenvalue weighted by Gasteiger charge is 2.32. The topological polar surface area (TPSA) is 136 Å². The molecule has 2 aromatic rings. The van der Waals surface area contributed by atoms with Crippen molar-refractivity contribution >= 4 is 28.6 Å². The number of hydrogen-bond donors (Lipinski definition) is 4. The van der Waals surface area contributed by atoms with Gasteiger partial charge in [-0.25, -0.2) is 4.39 Å². The van der Waals surface area contributed by atoms with Gasteiger partial charge in [-0.05, 0) is 42.9 Å². The molecule has 1 aromatic carbocycles. The molecule has 1 aliphatic rings. The maximum atomic E-state index is 14.2. The van der Waals surface area contributed by atoms with E-state index in [2.05, 4.69) is 20.9 Å². The molecule has 0 radical (unpaired) electrons. The third-order valence-corrected chi connectivity index (χ3v) is 5.76.